The molecule has 1 aromatic heterocycles. The zero-order chi connectivity index (χ0) is 24.6. The molecule has 0 saturated carbocycles. The first-order chi connectivity index (χ1) is 16.3. The number of carbonyl (C=O) groups is 2. The quantitative estimate of drug-likeness (QED) is 0.226. The number of nitrogens with zero attached hydrogens (tertiary/aromatic N) is 3. The van der Waals surface area contributed by atoms with Crippen LogP contribution in [-0.4, -0.2) is 34.8 Å². The normalized spacial score (nSPS) is 14.3. The van der Waals surface area contributed by atoms with Gasteiger partial charge in [0.05, 0.1) is 23.4 Å². The third-order valence-corrected chi connectivity index (χ3v) is 6.19. The van der Waals surface area contributed by atoms with Crippen molar-refractivity contribution in [3.05, 3.63) is 56.8 Å². The Morgan fingerprint density at radius 3 is 2.65 bits per heavy atom. The molecule has 1 N–H and O–H groups in total. The number of halogens is 1. The fourth-order valence-corrected chi connectivity index (χ4v) is 4.80. The summed E-state index contributed by atoms with van der Waals surface area (Å²) in [6.07, 6.45) is 0.859. The Balaban J connectivity index is 2.13. The number of nitrogens with one attached hydrogen (secondary N) is 1. The fourth-order valence-electron chi connectivity index (χ4n) is 3.98. The lowest BCUT2D eigenvalue weighted by atomic mass is 10.0. The van der Waals surface area contributed by atoms with Gasteiger partial charge in [0.2, 0.25) is 11.1 Å². The third kappa shape index (κ3) is 4.21. The molecular formula is C23H22BrN4O5S+. The minimum atomic E-state index is -0.929. The number of carbonyl (C=O) groups excluding carboxylic acids is 2. The number of benzene rings is 2. The van der Waals surface area contributed by atoms with Crippen molar-refractivity contribution in [3.63, 3.8) is 0 Å². The minimum Gasteiger partial charge on any atom is -0.490 e. The van der Waals surface area contributed by atoms with Gasteiger partial charge in [-0.25, -0.2) is 4.90 Å². The van der Waals surface area contributed by atoms with E-state index in [4.69, 9.17) is 9.47 Å². The number of esters is 1. The van der Waals surface area contributed by atoms with Gasteiger partial charge < -0.3 is 9.47 Å². The largest absolute Gasteiger partial charge is 0.490 e. The highest BCUT2D eigenvalue weighted by atomic mass is 79.9. The summed E-state index contributed by atoms with van der Waals surface area (Å²) < 4.78 is 13.5. The molecule has 0 saturated heterocycles. The smallest absolute Gasteiger partial charge is 0.325 e. The van der Waals surface area contributed by atoms with E-state index < -0.39 is 12.1 Å². The highest BCUT2D eigenvalue weighted by Crippen LogP contribution is 2.44. The van der Waals surface area contributed by atoms with Crippen LogP contribution < -0.4 is 24.6 Å². The van der Waals surface area contributed by atoms with Crippen LogP contribution in [0.25, 0.3) is 11.3 Å². The van der Waals surface area contributed by atoms with Gasteiger partial charge in [0, 0.05) is 23.4 Å². The molecule has 4 rings (SSSR count). The number of hydrogen-bond acceptors (Lipinski definition) is 7. The predicted molar refractivity (Wildman–Crippen MR) is 130 cm³/mol. The Morgan fingerprint density at radius 1 is 1.26 bits per heavy atom. The second-order valence-electron chi connectivity index (χ2n) is 7.39. The molecule has 3 aromatic rings. The SMILES string of the molecule is CCOc1cc(Br)cc(C2N(C(C)=O)c3ccccc3-c3c(=O)[nH]c(SC)n[n+]32)c1OC(C)=O. The van der Waals surface area contributed by atoms with Crippen molar-refractivity contribution >= 4 is 45.3 Å². The summed E-state index contributed by atoms with van der Waals surface area (Å²) in [5.41, 5.74) is 1.45. The zero-order valence-corrected chi connectivity index (χ0v) is 21.3. The maximum atomic E-state index is 13.2. The lowest BCUT2D eigenvalue weighted by Crippen LogP contribution is -2.60. The highest BCUT2D eigenvalue weighted by molar-refractivity contribution is 9.10. The molecule has 176 valence electrons. The number of aromatic amines is 1. The number of thioether (sulfide) groups is 1. The van der Waals surface area contributed by atoms with Gasteiger partial charge in [-0.15, -0.1) is 0 Å². The predicted octanol–water partition coefficient (Wildman–Crippen LogP) is 3.45. The van der Waals surface area contributed by atoms with Gasteiger partial charge in [0.25, 0.3) is 6.17 Å². The van der Waals surface area contributed by atoms with E-state index in [-0.39, 0.29) is 22.9 Å². The van der Waals surface area contributed by atoms with Crippen LogP contribution in [-0.2, 0) is 9.59 Å². The molecule has 0 aliphatic carbocycles. The molecule has 0 spiro atoms. The van der Waals surface area contributed by atoms with E-state index in [0.717, 1.165) is 0 Å². The molecule has 11 heteroatoms. The fraction of sp³-hybridized carbons (Fsp3) is 0.261. The molecule has 1 atom stereocenters. The average Bonchev–Trinajstić information content (AvgIpc) is 2.79. The van der Waals surface area contributed by atoms with Gasteiger partial charge in [-0.05, 0) is 42.1 Å². The highest BCUT2D eigenvalue weighted by Gasteiger charge is 2.47. The number of aromatic nitrogens is 3. The van der Waals surface area contributed by atoms with Crippen LogP contribution in [0, 0.1) is 0 Å². The molecule has 34 heavy (non-hydrogen) atoms. The molecule has 1 amide bonds. The molecule has 2 aromatic carbocycles. The van der Waals surface area contributed by atoms with Crippen molar-refractivity contribution in [2.45, 2.75) is 32.1 Å². The van der Waals surface area contributed by atoms with E-state index in [0.29, 0.717) is 38.8 Å². The molecule has 9 nitrogen and oxygen atoms in total. The van der Waals surface area contributed by atoms with Gasteiger partial charge in [-0.2, -0.15) is 0 Å². The number of fused-ring (bicyclic) bond motifs is 3. The molecular weight excluding hydrogens is 524 g/mol. The molecule has 0 fully saturated rings. The molecule has 2 heterocycles. The second-order valence-corrected chi connectivity index (χ2v) is 9.10. The van der Waals surface area contributed by atoms with Crippen LogP contribution in [0.15, 0.2) is 50.8 Å². The summed E-state index contributed by atoms with van der Waals surface area (Å²) in [7, 11) is 0. The number of anilines is 1. The van der Waals surface area contributed by atoms with Crippen LogP contribution in [0.5, 0.6) is 11.5 Å². The van der Waals surface area contributed by atoms with Crippen molar-refractivity contribution in [3.8, 4) is 22.8 Å². The minimum absolute atomic E-state index is 0.152. The lowest BCUT2D eigenvalue weighted by Gasteiger charge is -2.32. The number of hydrogen-bond donors (Lipinski definition) is 1. The van der Waals surface area contributed by atoms with Gasteiger partial charge in [-0.3, -0.25) is 19.4 Å². The Morgan fingerprint density at radius 2 is 2.00 bits per heavy atom. The summed E-state index contributed by atoms with van der Waals surface area (Å²) in [6, 6.07) is 10.5. The van der Waals surface area contributed by atoms with Crippen molar-refractivity contribution < 1.29 is 23.7 Å². The van der Waals surface area contributed by atoms with Crippen LogP contribution in [0.2, 0.25) is 0 Å². The number of ether oxygens (including phenoxy) is 2. The first-order valence-electron chi connectivity index (χ1n) is 10.4. The molecule has 1 aliphatic heterocycles. The summed E-state index contributed by atoms with van der Waals surface area (Å²) in [5, 5.41) is 5.01. The zero-order valence-electron chi connectivity index (χ0n) is 18.9. The van der Waals surface area contributed by atoms with Crippen LogP contribution in [0.3, 0.4) is 0 Å². The first kappa shape index (κ1) is 24.0. The van der Waals surface area contributed by atoms with Crippen molar-refractivity contribution in [2.75, 3.05) is 17.8 Å². The number of rotatable bonds is 5. The number of amides is 1. The summed E-state index contributed by atoms with van der Waals surface area (Å²) >= 11 is 4.76. The van der Waals surface area contributed by atoms with E-state index in [1.165, 1.54) is 35.2 Å². The van der Waals surface area contributed by atoms with E-state index >= 15 is 0 Å². The van der Waals surface area contributed by atoms with E-state index in [2.05, 4.69) is 26.0 Å². The van der Waals surface area contributed by atoms with Crippen LogP contribution in [0.1, 0.15) is 32.5 Å². The summed E-state index contributed by atoms with van der Waals surface area (Å²) in [6.45, 7) is 4.86. The average molecular weight is 546 g/mol. The van der Waals surface area contributed by atoms with Gasteiger partial charge in [-0.1, -0.05) is 39.8 Å². The van der Waals surface area contributed by atoms with E-state index in [9.17, 15) is 14.4 Å². The lowest BCUT2D eigenvalue weighted by molar-refractivity contribution is -0.763. The molecule has 1 unspecified atom stereocenters. The Labute approximate surface area is 208 Å². The van der Waals surface area contributed by atoms with Crippen LogP contribution >= 0.6 is 27.7 Å². The monoisotopic (exact) mass is 545 g/mol. The maximum Gasteiger partial charge on any atom is 0.325 e. The topological polar surface area (TPSA) is 105 Å². The molecule has 1 aliphatic rings. The number of para-hydroxylation sites is 1. The molecule has 0 radical (unpaired) electrons. The summed E-state index contributed by atoms with van der Waals surface area (Å²) in [4.78, 5) is 42.6. The maximum absolute atomic E-state index is 13.2. The Hall–Kier alpha value is -3.18. The van der Waals surface area contributed by atoms with Gasteiger partial charge in [0.1, 0.15) is 0 Å². The Kier molecular flexibility index (Phi) is 6.76. The van der Waals surface area contributed by atoms with E-state index in [1.807, 2.05) is 6.92 Å². The van der Waals surface area contributed by atoms with E-state index in [1.54, 1.807) is 42.7 Å². The van der Waals surface area contributed by atoms with Crippen molar-refractivity contribution in [1.82, 2.24) is 10.1 Å². The second kappa shape index (κ2) is 9.59. The third-order valence-electron chi connectivity index (χ3n) is 5.16. The summed E-state index contributed by atoms with van der Waals surface area (Å²) in [5.74, 6) is -0.361. The number of H-pyrrole nitrogens is 1. The molecule has 0 bridgehead atoms. The van der Waals surface area contributed by atoms with Gasteiger partial charge >= 0.3 is 17.2 Å². The first-order valence-corrected chi connectivity index (χ1v) is 12.4. The van der Waals surface area contributed by atoms with Gasteiger partial charge in [0.15, 0.2) is 11.5 Å². The standard InChI is InChI=1S/C23H21BrN4O5S/c1-5-32-18-11-14(24)10-16(20(18)33-13(3)30)22-27(12(2)29)17-9-7-6-8-15(17)19-21(31)25-23(34-4)26-28(19)22/h6-11,22H,5H2,1-4H3/p+1. The van der Waals surface area contributed by atoms with Crippen molar-refractivity contribution in [1.29, 1.82) is 0 Å². The van der Waals surface area contributed by atoms with Crippen LogP contribution in [0.4, 0.5) is 5.69 Å². The van der Waals surface area contributed by atoms with Crippen molar-refractivity contribution in [2.24, 2.45) is 0 Å². The Bertz CT molecular complexity index is 1360.